The number of anilines is 2. The number of fused-ring (bicyclic) bond motifs is 1. The molecule has 1 fully saturated rings. The predicted octanol–water partition coefficient (Wildman–Crippen LogP) is 3.42. The van der Waals surface area contributed by atoms with Gasteiger partial charge in [-0.2, -0.15) is 0 Å². The minimum atomic E-state index is 0.114. The number of ether oxygens (including phenoxy) is 1. The number of carbonyl (C=O) groups excluding carboxylic acids is 1. The van der Waals surface area contributed by atoms with Crippen LogP contribution in [0.3, 0.4) is 0 Å². The number of methoxy groups -OCH3 is 1. The average molecular weight is 377 g/mol. The summed E-state index contributed by atoms with van der Waals surface area (Å²) in [4.78, 5) is 16.3. The predicted molar refractivity (Wildman–Crippen MR) is 114 cm³/mol. The summed E-state index contributed by atoms with van der Waals surface area (Å²) in [5.74, 6) is 1.06. The lowest BCUT2D eigenvalue weighted by Crippen LogP contribution is -2.46. The van der Waals surface area contributed by atoms with E-state index in [1.165, 1.54) is 16.8 Å². The van der Waals surface area contributed by atoms with Crippen molar-refractivity contribution in [3.8, 4) is 5.75 Å². The standard InChI is InChI=1S/C23H27N3O2/c1-28-22-7-3-2-6-21(22)26-15-13-25(14-16-26)12-4-5-18-8-10-20-19(17-18)9-11-23(27)24-20/h2-8,10,17H,9,11-16H2,1H3,(H,24,27)/b5-4+. The van der Waals surface area contributed by atoms with E-state index in [4.69, 9.17) is 4.74 Å². The zero-order valence-corrected chi connectivity index (χ0v) is 16.4. The smallest absolute Gasteiger partial charge is 0.224 e. The Hall–Kier alpha value is -2.79. The van der Waals surface area contributed by atoms with Crippen LogP contribution in [0.2, 0.25) is 0 Å². The Labute approximate surface area is 166 Å². The number of hydrogen-bond acceptors (Lipinski definition) is 4. The van der Waals surface area contributed by atoms with E-state index in [0.717, 1.165) is 50.6 Å². The molecule has 2 aliphatic rings. The van der Waals surface area contributed by atoms with E-state index in [2.05, 4.69) is 51.5 Å². The van der Waals surface area contributed by atoms with Gasteiger partial charge < -0.3 is 15.0 Å². The first-order valence-electron chi connectivity index (χ1n) is 9.92. The zero-order valence-electron chi connectivity index (χ0n) is 16.4. The number of para-hydroxylation sites is 2. The summed E-state index contributed by atoms with van der Waals surface area (Å²) in [6, 6.07) is 14.5. The van der Waals surface area contributed by atoms with Crippen molar-refractivity contribution < 1.29 is 9.53 Å². The van der Waals surface area contributed by atoms with Gasteiger partial charge in [-0.15, -0.1) is 0 Å². The number of nitrogens with zero attached hydrogens (tertiary/aromatic N) is 2. The van der Waals surface area contributed by atoms with Crippen molar-refractivity contribution in [3.63, 3.8) is 0 Å². The molecule has 1 saturated heterocycles. The summed E-state index contributed by atoms with van der Waals surface area (Å²) in [6.45, 7) is 5.05. The molecule has 0 spiro atoms. The molecule has 28 heavy (non-hydrogen) atoms. The first-order chi connectivity index (χ1) is 13.7. The first-order valence-corrected chi connectivity index (χ1v) is 9.92. The molecule has 0 unspecified atom stereocenters. The molecule has 0 saturated carbocycles. The number of carbonyl (C=O) groups is 1. The van der Waals surface area contributed by atoms with Crippen molar-refractivity contribution in [2.75, 3.05) is 50.1 Å². The molecule has 5 nitrogen and oxygen atoms in total. The van der Waals surface area contributed by atoms with Crippen LogP contribution < -0.4 is 15.0 Å². The van der Waals surface area contributed by atoms with Crippen molar-refractivity contribution in [3.05, 3.63) is 59.7 Å². The van der Waals surface area contributed by atoms with Crippen LogP contribution >= 0.6 is 0 Å². The Morgan fingerprint density at radius 1 is 1.07 bits per heavy atom. The topological polar surface area (TPSA) is 44.8 Å². The molecule has 0 aliphatic carbocycles. The van der Waals surface area contributed by atoms with Gasteiger partial charge in [0.15, 0.2) is 0 Å². The van der Waals surface area contributed by atoms with Crippen LogP contribution in [0.4, 0.5) is 11.4 Å². The van der Waals surface area contributed by atoms with Gasteiger partial charge in [-0.1, -0.05) is 30.4 Å². The van der Waals surface area contributed by atoms with Gasteiger partial charge in [-0.25, -0.2) is 0 Å². The van der Waals surface area contributed by atoms with E-state index in [0.29, 0.717) is 6.42 Å². The molecule has 0 radical (unpaired) electrons. The third kappa shape index (κ3) is 4.20. The highest BCUT2D eigenvalue weighted by Crippen LogP contribution is 2.28. The maximum atomic E-state index is 11.5. The summed E-state index contributed by atoms with van der Waals surface area (Å²) in [7, 11) is 1.73. The molecule has 4 rings (SSSR count). The lowest BCUT2D eigenvalue weighted by atomic mass is 10.0. The van der Waals surface area contributed by atoms with E-state index < -0.39 is 0 Å². The summed E-state index contributed by atoms with van der Waals surface area (Å²) in [5.41, 5.74) is 4.57. The summed E-state index contributed by atoms with van der Waals surface area (Å²) in [5, 5.41) is 2.94. The Morgan fingerprint density at radius 3 is 2.71 bits per heavy atom. The number of rotatable bonds is 5. The Bertz CT molecular complexity index is 870. The number of amides is 1. The largest absolute Gasteiger partial charge is 0.495 e. The lowest BCUT2D eigenvalue weighted by Gasteiger charge is -2.36. The molecule has 1 N–H and O–H groups in total. The third-order valence-electron chi connectivity index (χ3n) is 5.50. The molecule has 1 amide bonds. The van der Waals surface area contributed by atoms with Crippen LogP contribution in [-0.2, 0) is 11.2 Å². The van der Waals surface area contributed by atoms with E-state index in [9.17, 15) is 4.79 Å². The van der Waals surface area contributed by atoms with Gasteiger partial charge in [0.25, 0.3) is 0 Å². The second-order valence-electron chi connectivity index (χ2n) is 7.33. The second kappa shape index (κ2) is 8.48. The fourth-order valence-electron chi connectivity index (χ4n) is 3.91. The lowest BCUT2D eigenvalue weighted by molar-refractivity contribution is -0.116. The number of hydrogen-bond donors (Lipinski definition) is 1. The van der Waals surface area contributed by atoms with Crippen LogP contribution in [0.15, 0.2) is 48.5 Å². The number of benzene rings is 2. The summed E-state index contributed by atoms with van der Waals surface area (Å²) < 4.78 is 5.50. The molecule has 2 aromatic rings. The van der Waals surface area contributed by atoms with E-state index in [-0.39, 0.29) is 5.91 Å². The van der Waals surface area contributed by atoms with Gasteiger partial charge in [0, 0.05) is 44.8 Å². The number of nitrogens with one attached hydrogen (secondary N) is 1. The number of piperazine rings is 1. The Morgan fingerprint density at radius 2 is 1.89 bits per heavy atom. The van der Waals surface area contributed by atoms with E-state index in [1.807, 2.05) is 18.2 Å². The van der Waals surface area contributed by atoms with E-state index in [1.54, 1.807) is 7.11 Å². The molecule has 2 aliphatic heterocycles. The molecular formula is C23H27N3O2. The molecule has 5 heteroatoms. The third-order valence-corrected chi connectivity index (χ3v) is 5.50. The summed E-state index contributed by atoms with van der Waals surface area (Å²) in [6.07, 6.45) is 5.83. The van der Waals surface area contributed by atoms with Crippen LogP contribution in [0.5, 0.6) is 5.75 Å². The van der Waals surface area contributed by atoms with Crippen LogP contribution in [0, 0.1) is 0 Å². The minimum absolute atomic E-state index is 0.114. The van der Waals surface area contributed by atoms with Gasteiger partial charge in [-0.05, 0) is 41.8 Å². The zero-order chi connectivity index (χ0) is 19.3. The van der Waals surface area contributed by atoms with Crippen molar-refractivity contribution in [2.45, 2.75) is 12.8 Å². The van der Waals surface area contributed by atoms with Crippen LogP contribution in [-0.4, -0.2) is 50.6 Å². The molecule has 0 bridgehead atoms. The molecule has 146 valence electrons. The Kier molecular flexibility index (Phi) is 5.63. The van der Waals surface area contributed by atoms with Crippen LogP contribution in [0.25, 0.3) is 6.08 Å². The van der Waals surface area contributed by atoms with Crippen molar-refractivity contribution in [1.82, 2.24) is 4.90 Å². The van der Waals surface area contributed by atoms with E-state index >= 15 is 0 Å². The maximum absolute atomic E-state index is 11.5. The van der Waals surface area contributed by atoms with Gasteiger partial charge in [0.1, 0.15) is 5.75 Å². The Balaban J connectivity index is 1.30. The summed E-state index contributed by atoms with van der Waals surface area (Å²) >= 11 is 0. The fourth-order valence-corrected chi connectivity index (χ4v) is 3.91. The highest BCUT2D eigenvalue weighted by molar-refractivity contribution is 5.94. The average Bonchev–Trinajstić information content (AvgIpc) is 2.74. The molecule has 2 aromatic carbocycles. The molecule has 0 atom stereocenters. The monoisotopic (exact) mass is 377 g/mol. The normalized spacial score (nSPS) is 17.5. The molecule has 2 heterocycles. The highest BCUT2D eigenvalue weighted by atomic mass is 16.5. The first kappa shape index (κ1) is 18.6. The fraction of sp³-hybridized carbons (Fsp3) is 0.348. The van der Waals surface area contributed by atoms with Gasteiger partial charge in [0.05, 0.1) is 12.8 Å². The van der Waals surface area contributed by atoms with Crippen molar-refractivity contribution in [2.24, 2.45) is 0 Å². The molecular weight excluding hydrogens is 350 g/mol. The maximum Gasteiger partial charge on any atom is 0.224 e. The minimum Gasteiger partial charge on any atom is -0.495 e. The highest BCUT2D eigenvalue weighted by Gasteiger charge is 2.18. The number of aryl methyl sites for hydroxylation is 1. The second-order valence-corrected chi connectivity index (χ2v) is 7.33. The quantitative estimate of drug-likeness (QED) is 0.867. The van der Waals surface area contributed by atoms with Crippen LogP contribution in [0.1, 0.15) is 17.5 Å². The van der Waals surface area contributed by atoms with Gasteiger partial charge >= 0.3 is 0 Å². The van der Waals surface area contributed by atoms with Crippen molar-refractivity contribution in [1.29, 1.82) is 0 Å². The van der Waals surface area contributed by atoms with Gasteiger partial charge in [-0.3, -0.25) is 9.69 Å². The molecule has 0 aromatic heterocycles. The van der Waals surface area contributed by atoms with Crippen molar-refractivity contribution >= 4 is 23.4 Å². The van der Waals surface area contributed by atoms with Gasteiger partial charge in [0.2, 0.25) is 5.91 Å². The SMILES string of the molecule is COc1ccccc1N1CCN(C/C=C/c2ccc3c(c2)CCC(=O)N3)CC1.